The molecule has 1 saturated carbocycles. The van der Waals surface area contributed by atoms with Gasteiger partial charge in [0.05, 0.1) is 12.0 Å². The van der Waals surface area contributed by atoms with E-state index >= 15 is 0 Å². The predicted molar refractivity (Wildman–Crippen MR) is 80.6 cm³/mol. The molecule has 0 spiro atoms. The second-order valence-corrected chi connectivity index (χ2v) is 6.60. The van der Waals surface area contributed by atoms with E-state index in [1.807, 2.05) is 6.92 Å². The van der Waals surface area contributed by atoms with E-state index in [9.17, 15) is 4.79 Å². The van der Waals surface area contributed by atoms with Crippen molar-refractivity contribution in [3.05, 3.63) is 0 Å². The molecule has 1 aliphatic heterocycles. The lowest BCUT2D eigenvalue weighted by Crippen LogP contribution is -2.48. The van der Waals surface area contributed by atoms with E-state index in [4.69, 9.17) is 4.74 Å². The fraction of sp³-hybridized carbons (Fsp3) is 0.938. The van der Waals surface area contributed by atoms with E-state index in [1.165, 1.54) is 0 Å². The number of ether oxygens (including phenoxy) is 1. The Labute approximate surface area is 123 Å². The van der Waals surface area contributed by atoms with E-state index in [2.05, 4.69) is 24.1 Å². The van der Waals surface area contributed by atoms with Crippen molar-refractivity contribution < 1.29 is 9.53 Å². The number of piperidine rings is 1. The molecule has 1 aliphatic carbocycles. The molecule has 1 amide bonds. The van der Waals surface area contributed by atoms with Gasteiger partial charge < -0.3 is 15.0 Å². The van der Waals surface area contributed by atoms with Crippen molar-refractivity contribution in [2.75, 3.05) is 32.8 Å². The summed E-state index contributed by atoms with van der Waals surface area (Å²) in [4.78, 5) is 14.8. The average molecular weight is 282 g/mol. The molecule has 1 N–H and O–H groups in total. The van der Waals surface area contributed by atoms with Crippen molar-refractivity contribution in [2.24, 2.45) is 11.3 Å². The van der Waals surface area contributed by atoms with Crippen LogP contribution < -0.4 is 5.32 Å². The van der Waals surface area contributed by atoms with Crippen molar-refractivity contribution in [3.8, 4) is 0 Å². The first-order valence-electron chi connectivity index (χ1n) is 8.19. The molecule has 1 saturated heterocycles. The van der Waals surface area contributed by atoms with Gasteiger partial charge in [-0.05, 0) is 38.5 Å². The molecule has 0 aromatic carbocycles. The minimum Gasteiger partial charge on any atom is -0.380 e. The third-order valence-corrected chi connectivity index (χ3v) is 5.02. The first-order chi connectivity index (χ1) is 9.58. The second kappa shape index (κ2) is 6.90. The summed E-state index contributed by atoms with van der Waals surface area (Å²) in [6, 6.07) is 0.377. The van der Waals surface area contributed by atoms with Crippen molar-refractivity contribution in [2.45, 2.75) is 52.5 Å². The number of nitrogens with one attached hydrogen (secondary N) is 1. The maximum absolute atomic E-state index is 12.4. The Morgan fingerprint density at radius 1 is 1.35 bits per heavy atom. The van der Waals surface area contributed by atoms with E-state index in [0.29, 0.717) is 17.9 Å². The number of carbonyl (C=O) groups excluding carboxylic acids is 1. The van der Waals surface area contributed by atoms with Gasteiger partial charge in [-0.2, -0.15) is 0 Å². The summed E-state index contributed by atoms with van der Waals surface area (Å²) in [7, 11) is 0. The third kappa shape index (κ3) is 3.73. The van der Waals surface area contributed by atoms with Crippen LogP contribution in [0.1, 0.15) is 46.5 Å². The van der Waals surface area contributed by atoms with Crippen LogP contribution in [-0.2, 0) is 9.53 Å². The summed E-state index contributed by atoms with van der Waals surface area (Å²) in [6.07, 6.45) is 4.30. The molecule has 0 atom stereocenters. The van der Waals surface area contributed by atoms with Gasteiger partial charge in [-0.25, -0.2) is 0 Å². The van der Waals surface area contributed by atoms with Crippen LogP contribution in [0, 0.1) is 11.3 Å². The summed E-state index contributed by atoms with van der Waals surface area (Å²) in [6.45, 7) is 11.2. The van der Waals surface area contributed by atoms with Crippen LogP contribution in [0.4, 0.5) is 0 Å². The predicted octanol–water partition coefficient (Wildman–Crippen LogP) is 2.04. The molecule has 0 unspecified atom stereocenters. The summed E-state index contributed by atoms with van der Waals surface area (Å²) in [5.41, 5.74) is -0.0356. The lowest BCUT2D eigenvalue weighted by Gasteiger charge is -2.33. The molecule has 20 heavy (non-hydrogen) atoms. The number of rotatable bonds is 7. The highest BCUT2D eigenvalue weighted by atomic mass is 16.5. The number of hydrogen-bond donors (Lipinski definition) is 1. The first-order valence-corrected chi connectivity index (χ1v) is 8.19. The van der Waals surface area contributed by atoms with Gasteiger partial charge in [0.15, 0.2) is 0 Å². The molecular weight excluding hydrogens is 252 g/mol. The van der Waals surface area contributed by atoms with Crippen LogP contribution >= 0.6 is 0 Å². The van der Waals surface area contributed by atoms with Gasteiger partial charge in [-0.3, -0.25) is 4.79 Å². The smallest absolute Gasteiger partial charge is 0.226 e. The van der Waals surface area contributed by atoms with Gasteiger partial charge in [-0.15, -0.1) is 0 Å². The molecule has 0 aromatic heterocycles. The SMILES string of the molecule is CCOCCN1CCC(NC(=O)C2(C(C)C)CC2)CC1. The first kappa shape index (κ1) is 15.8. The molecule has 1 heterocycles. The third-order valence-electron chi connectivity index (χ3n) is 5.02. The van der Waals surface area contributed by atoms with E-state index < -0.39 is 0 Å². The second-order valence-electron chi connectivity index (χ2n) is 6.60. The van der Waals surface area contributed by atoms with E-state index in [0.717, 1.165) is 58.5 Å². The zero-order valence-corrected chi connectivity index (χ0v) is 13.3. The molecule has 0 radical (unpaired) electrons. The molecular formula is C16H30N2O2. The molecule has 116 valence electrons. The van der Waals surface area contributed by atoms with E-state index in [-0.39, 0.29) is 5.41 Å². The number of amides is 1. The normalized spacial score (nSPS) is 23.0. The lowest BCUT2D eigenvalue weighted by atomic mass is 9.90. The van der Waals surface area contributed by atoms with Crippen molar-refractivity contribution >= 4 is 5.91 Å². The minimum absolute atomic E-state index is 0.0356. The maximum atomic E-state index is 12.4. The number of nitrogens with zero attached hydrogens (tertiary/aromatic N) is 1. The highest BCUT2D eigenvalue weighted by Gasteiger charge is 2.52. The highest BCUT2D eigenvalue weighted by molar-refractivity contribution is 5.85. The largest absolute Gasteiger partial charge is 0.380 e. The standard InChI is InChI=1S/C16H30N2O2/c1-4-20-12-11-18-9-5-14(6-10-18)17-15(19)16(7-8-16)13(2)3/h13-14H,4-12H2,1-3H3,(H,17,19). The molecule has 0 bridgehead atoms. The Kier molecular flexibility index (Phi) is 5.44. The van der Waals surface area contributed by atoms with Crippen LogP contribution in [0.15, 0.2) is 0 Å². The van der Waals surface area contributed by atoms with Crippen LogP contribution in [0.2, 0.25) is 0 Å². The molecule has 2 fully saturated rings. The monoisotopic (exact) mass is 282 g/mol. The Morgan fingerprint density at radius 3 is 2.50 bits per heavy atom. The summed E-state index contributed by atoms with van der Waals surface area (Å²) >= 11 is 0. The quantitative estimate of drug-likeness (QED) is 0.727. The Morgan fingerprint density at radius 2 is 2.00 bits per heavy atom. The topological polar surface area (TPSA) is 41.6 Å². The minimum atomic E-state index is -0.0356. The van der Waals surface area contributed by atoms with Crippen molar-refractivity contribution in [3.63, 3.8) is 0 Å². The number of likely N-dealkylation sites (tertiary alicyclic amines) is 1. The Hall–Kier alpha value is -0.610. The van der Waals surface area contributed by atoms with Gasteiger partial charge in [0.25, 0.3) is 0 Å². The average Bonchev–Trinajstić information content (AvgIpc) is 3.22. The zero-order valence-electron chi connectivity index (χ0n) is 13.3. The van der Waals surface area contributed by atoms with Gasteiger partial charge in [0.1, 0.15) is 0 Å². The van der Waals surface area contributed by atoms with Crippen LogP contribution in [0.3, 0.4) is 0 Å². The fourth-order valence-electron chi connectivity index (χ4n) is 3.17. The van der Waals surface area contributed by atoms with Gasteiger partial charge in [0, 0.05) is 32.3 Å². The van der Waals surface area contributed by atoms with Gasteiger partial charge >= 0.3 is 0 Å². The maximum Gasteiger partial charge on any atom is 0.226 e. The fourth-order valence-corrected chi connectivity index (χ4v) is 3.17. The summed E-state index contributed by atoms with van der Waals surface area (Å²) < 4.78 is 5.40. The highest BCUT2D eigenvalue weighted by Crippen LogP contribution is 2.52. The molecule has 2 aliphatic rings. The lowest BCUT2D eigenvalue weighted by molar-refractivity contribution is -0.129. The number of carbonyl (C=O) groups is 1. The van der Waals surface area contributed by atoms with Crippen molar-refractivity contribution in [1.29, 1.82) is 0 Å². The van der Waals surface area contributed by atoms with Crippen LogP contribution in [0.5, 0.6) is 0 Å². The van der Waals surface area contributed by atoms with Gasteiger partial charge in [-0.1, -0.05) is 13.8 Å². The number of hydrogen-bond acceptors (Lipinski definition) is 3. The summed E-state index contributed by atoms with van der Waals surface area (Å²) in [5, 5.41) is 3.29. The summed E-state index contributed by atoms with van der Waals surface area (Å²) in [5.74, 6) is 0.772. The molecule has 4 nitrogen and oxygen atoms in total. The van der Waals surface area contributed by atoms with Crippen LogP contribution in [-0.4, -0.2) is 49.7 Å². The Bertz CT molecular complexity index is 318. The zero-order chi connectivity index (χ0) is 14.6. The van der Waals surface area contributed by atoms with Crippen molar-refractivity contribution in [1.82, 2.24) is 10.2 Å². The van der Waals surface area contributed by atoms with Crippen LogP contribution in [0.25, 0.3) is 0 Å². The van der Waals surface area contributed by atoms with E-state index in [1.54, 1.807) is 0 Å². The molecule has 2 rings (SSSR count). The molecule has 0 aromatic rings. The van der Waals surface area contributed by atoms with Gasteiger partial charge in [0.2, 0.25) is 5.91 Å². The molecule has 4 heteroatoms. The Balaban J connectivity index is 1.68.